The molecular formula is C23H30N2O2. The molecule has 0 saturated heterocycles. The van der Waals surface area contributed by atoms with Crippen molar-refractivity contribution in [2.45, 2.75) is 40.0 Å². The molecule has 2 atom stereocenters. The molecule has 0 spiro atoms. The van der Waals surface area contributed by atoms with Crippen LogP contribution in [0.5, 0.6) is 0 Å². The fourth-order valence-corrected chi connectivity index (χ4v) is 3.24. The molecule has 0 unspecified atom stereocenters. The lowest BCUT2D eigenvalue weighted by atomic mass is 9.85. The Kier molecular flexibility index (Phi) is 7.59. The Morgan fingerprint density at radius 3 is 2.04 bits per heavy atom. The zero-order valence-electron chi connectivity index (χ0n) is 16.7. The lowest BCUT2D eigenvalue weighted by Gasteiger charge is -2.23. The van der Waals surface area contributed by atoms with Gasteiger partial charge in [0, 0.05) is 24.3 Å². The van der Waals surface area contributed by atoms with Crippen LogP contribution in [-0.4, -0.2) is 29.8 Å². The monoisotopic (exact) mass is 366 g/mol. The third-order valence-electron chi connectivity index (χ3n) is 5.10. The van der Waals surface area contributed by atoms with Crippen molar-refractivity contribution in [1.29, 1.82) is 0 Å². The van der Waals surface area contributed by atoms with E-state index < -0.39 is 0 Å². The summed E-state index contributed by atoms with van der Waals surface area (Å²) >= 11 is 0. The number of rotatable bonds is 8. The first-order valence-electron chi connectivity index (χ1n) is 9.76. The minimum atomic E-state index is -0.201. The largest absolute Gasteiger partial charge is 0.339 e. The highest BCUT2D eigenvalue weighted by atomic mass is 16.2. The molecule has 2 aromatic rings. The standard InChI is InChI=1S/C23H30N2O2/c1-5-17(4)21(18-11-9-8-10-12-18)22(26)24-20-15-13-19(14-16-20)23(27)25(6-2)7-3/h8-17,21H,5-7H2,1-4H3,(H,24,26)/t17-,21-/m1/s1. The second-order valence-corrected chi connectivity index (χ2v) is 6.82. The average Bonchev–Trinajstić information content (AvgIpc) is 2.70. The summed E-state index contributed by atoms with van der Waals surface area (Å²) < 4.78 is 0. The Bertz CT molecular complexity index is 737. The lowest BCUT2D eigenvalue weighted by Crippen LogP contribution is -2.30. The van der Waals surface area contributed by atoms with Crippen molar-refractivity contribution in [1.82, 2.24) is 4.90 Å². The van der Waals surface area contributed by atoms with E-state index in [1.807, 2.05) is 44.2 Å². The number of nitrogens with zero attached hydrogens (tertiary/aromatic N) is 1. The highest BCUT2D eigenvalue weighted by Gasteiger charge is 2.25. The summed E-state index contributed by atoms with van der Waals surface area (Å²) in [4.78, 5) is 27.1. The second kappa shape index (κ2) is 9.91. The molecule has 0 bridgehead atoms. The molecule has 0 aromatic heterocycles. The summed E-state index contributed by atoms with van der Waals surface area (Å²) in [5.41, 5.74) is 2.37. The van der Waals surface area contributed by atoms with Gasteiger partial charge in [-0.3, -0.25) is 9.59 Å². The van der Waals surface area contributed by atoms with Gasteiger partial charge in [0.2, 0.25) is 5.91 Å². The summed E-state index contributed by atoms with van der Waals surface area (Å²) in [7, 11) is 0. The molecule has 2 rings (SSSR count). The highest BCUT2D eigenvalue weighted by Crippen LogP contribution is 2.28. The Labute approximate surface area is 162 Å². The predicted octanol–water partition coefficient (Wildman–Crippen LogP) is 4.94. The van der Waals surface area contributed by atoms with Crippen LogP contribution in [0.3, 0.4) is 0 Å². The quantitative estimate of drug-likeness (QED) is 0.719. The molecule has 1 N–H and O–H groups in total. The molecule has 0 aliphatic rings. The minimum Gasteiger partial charge on any atom is -0.339 e. The first kappa shape index (κ1) is 20.7. The maximum Gasteiger partial charge on any atom is 0.253 e. The maximum absolute atomic E-state index is 12.9. The molecule has 0 fully saturated rings. The average molecular weight is 367 g/mol. The third kappa shape index (κ3) is 5.19. The Morgan fingerprint density at radius 1 is 0.926 bits per heavy atom. The molecule has 4 nitrogen and oxygen atoms in total. The Hall–Kier alpha value is -2.62. The number of benzene rings is 2. The van der Waals surface area contributed by atoms with Gasteiger partial charge in [-0.25, -0.2) is 0 Å². The van der Waals surface area contributed by atoms with Crippen LogP contribution in [-0.2, 0) is 4.79 Å². The molecule has 0 radical (unpaired) electrons. The molecular weight excluding hydrogens is 336 g/mol. The van der Waals surface area contributed by atoms with Gasteiger partial charge in [0.05, 0.1) is 5.92 Å². The molecule has 0 aliphatic carbocycles. The van der Waals surface area contributed by atoms with E-state index in [0.717, 1.165) is 12.0 Å². The fourth-order valence-electron chi connectivity index (χ4n) is 3.24. The number of carbonyl (C=O) groups is 2. The second-order valence-electron chi connectivity index (χ2n) is 6.82. The smallest absolute Gasteiger partial charge is 0.253 e. The van der Waals surface area contributed by atoms with Gasteiger partial charge in [-0.1, -0.05) is 50.6 Å². The summed E-state index contributed by atoms with van der Waals surface area (Å²) in [5.74, 6) is 0.0297. The van der Waals surface area contributed by atoms with E-state index in [2.05, 4.69) is 19.2 Å². The van der Waals surface area contributed by atoms with Gasteiger partial charge in [0.25, 0.3) is 5.91 Å². The van der Waals surface area contributed by atoms with Crippen LogP contribution in [0, 0.1) is 5.92 Å². The summed E-state index contributed by atoms with van der Waals surface area (Å²) in [6.07, 6.45) is 0.921. The summed E-state index contributed by atoms with van der Waals surface area (Å²) in [5, 5.41) is 3.02. The van der Waals surface area contributed by atoms with E-state index >= 15 is 0 Å². The lowest BCUT2D eigenvalue weighted by molar-refractivity contribution is -0.118. The van der Waals surface area contributed by atoms with Gasteiger partial charge >= 0.3 is 0 Å². The van der Waals surface area contributed by atoms with Crippen molar-refractivity contribution in [3.63, 3.8) is 0 Å². The zero-order chi connectivity index (χ0) is 19.8. The molecule has 0 saturated carbocycles. The number of carbonyl (C=O) groups excluding carboxylic acids is 2. The van der Waals surface area contributed by atoms with E-state index in [4.69, 9.17) is 0 Å². The van der Waals surface area contributed by atoms with E-state index in [1.54, 1.807) is 29.2 Å². The topological polar surface area (TPSA) is 49.4 Å². The first-order valence-corrected chi connectivity index (χ1v) is 9.76. The van der Waals surface area contributed by atoms with Crippen molar-refractivity contribution in [2.75, 3.05) is 18.4 Å². The van der Waals surface area contributed by atoms with Crippen LogP contribution in [0.4, 0.5) is 5.69 Å². The number of amides is 2. The number of nitrogens with one attached hydrogen (secondary N) is 1. The molecule has 27 heavy (non-hydrogen) atoms. The normalized spacial score (nSPS) is 12.9. The van der Waals surface area contributed by atoms with Crippen LogP contribution in [0.15, 0.2) is 54.6 Å². The van der Waals surface area contributed by atoms with Crippen LogP contribution in [0.1, 0.15) is 56.0 Å². The SMILES string of the molecule is CC[C@@H](C)[C@@H](C(=O)Nc1ccc(C(=O)N(CC)CC)cc1)c1ccccc1. The number of hydrogen-bond donors (Lipinski definition) is 1. The van der Waals surface area contributed by atoms with Gasteiger partial charge in [-0.05, 0) is 49.6 Å². The van der Waals surface area contributed by atoms with Crippen molar-refractivity contribution < 1.29 is 9.59 Å². The van der Waals surface area contributed by atoms with Gasteiger partial charge in [0.1, 0.15) is 0 Å². The van der Waals surface area contributed by atoms with Crippen LogP contribution in [0.2, 0.25) is 0 Å². The van der Waals surface area contributed by atoms with E-state index in [0.29, 0.717) is 24.3 Å². The van der Waals surface area contributed by atoms with Crippen LogP contribution >= 0.6 is 0 Å². The first-order chi connectivity index (χ1) is 13.0. The number of anilines is 1. The maximum atomic E-state index is 12.9. The summed E-state index contributed by atoms with van der Waals surface area (Å²) in [6.45, 7) is 9.50. The molecule has 4 heteroatoms. The molecule has 2 amide bonds. The molecule has 0 heterocycles. The Morgan fingerprint density at radius 2 is 1.52 bits per heavy atom. The molecule has 144 valence electrons. The molecule has 2 aromatic carbocycles. The van der Waals surface area contributed by atoms with E-state index in [1.165, 1.54) is 0 Å². The number of hydrogen-bond acceptors (Lipinski definition) is 2. The highest BCUT2D eigenvalue weighted by molar-refractivity contribution is 5.97. The van der Waals surface area contributed by atoms with Crippen LogP contribution < -0.4 is 5.32 Å². The van der Waals surface area contributed by atoms with Crippen LogP contribution in [0.25, 0.3) is 0 Å². The van der Waals surface area contributed by atoms with Gasteiger partial charge < -0.3 is 10.2 Å². The third-order valence-corrected chi connectivity index (χ3v) is 5.10. The van der Waals surface area contributed by atoms with Crippen molar-refractivity contribution >= 4 is 17.5 Å². The van der Waals surface area contributed by atoms with E-state index in [9.17, 15) is 9.59 Å². The van der Waals surface area contributed by atoms with Crippen molar-refractivity contribution in [2.24, 2.45) is 5.92 Å². The van der Waals surface area contributed by atoms with Gasteiger partial charge in [-0.2, -0.15) is 0 Å². The van der Waals surface area contributed by atoms with Gasteiger partial charge in [0.15, 0.2) is 0 Å². The van der Waals surface area contributed by atoms with Gasteiger partial charge in [-0.15, -0.1) is 0 Å². The summed E-state index contributed by atoms with van der Waals surface area (Å²) in [6, 6.07) is 17.0. The minimum absolute atomic E-state index is 0.0136. The molecule has 0 aliphatic heterocycles. The zero-order valence-corrected chi connectivity index (χ0v) is 16.7. The van der Waals surface area contributed by atoms with E-state index in [-0.39, 0.29) is 23.7 Å². The fraction of sp³-hybridized carbons (Fsp3) is 0.391. The Balaban J connectivity index is 2.15. The van der Waals surface area contributed by atoms with Crippen molar-refractivity contribution in [3.8, 4) is 0 Å². The predicted molar refractivity (Wildman–Crippen MR) is 111 cm³/mol. The van der Waals surface area contributed by atoms with Crippen molar-refractivity contribution in [3.05, 3.63) is 65.7 Å².